The van der Waals surface area contributed by atoms with Gasteiger partial charge in [0.1, 0.15) is 5.75 Å². The Bertz CT molecular complexity index is 638. The smallest absolute Gasteiger partial charge is 0.122 e. The molecule has 0 aliphatic heterocycles. The van der Waals surface area contributed by atoms with E-state index < -0.39 is 0 Å². The van der Waals surface area contributed by atoms with Crippen molar-refractivity contribution in [2.45, 2.75) is 39.0 Å². The lowest BCUT2D eigenvalue weighted by molar-refractivity contribution is 0.304. The third kappa shape index (κ3) is 4.11. The molecule has 0 spiro atoms. The van der Waals surface area contributed by atoms with Crippen LogP contribution in [0, 0.1) is 18.3 Å². The van der Waals surface area contributed by atoms with Crippen molar-refractivity contribution >= 4 is 0 Å². The predicted molar refractivity (Wildman–Crippen MR) is 90.2 cm³/mol. The number of ether oxygens (including phenoxy) is 1. The second-order valence-electron chi connectivity index (χ2n) is 5.91. The van der Waals surface area contributed by atoms with Crippen LogP contribution in [0.4, 0.5) is 0 Å². The molecule has 2 aromatic rings. The molecule has 0 aromatic heterocycles. The van der Waals surface area contributed by atoms with Gasteiger partial charge in [0.25, 0.3) is 0 Å². The quantitative estimate of drug-likeness (QED) is 0.733. The van der Waals surface area contributed by atoms with Gasteiger partial charge in [0.05, 0.1) is 18.6 Å². The highest BCUT2D eigenvalue weighted by atomic mass is 16.5. The van der Waals surface area contributed by atoms with Crippen molar-refractivity contribution in [1.82, 2.24) is 0 Å². The fourth-order valence-corrected chi connectivity index (χ4v) is 2.42. The van der Waals surface area contributed by atoms with E-state index in [-0.39, 0.29) is 5.92 Å². The minimum absolute atomic E-state index is 0.120. The van der Waals surface area contributed by atoms with Gasteiger partial charge in [0.15, 0.2) is 0 Å². The van der Waals surface area contributed by atoms with Gasteiger partial charge in [0.2, 0.25) is 0 Å². The number of aryl methyl sites for hydroxylation is 1. The highest BCUT2D eigenvalue weighted by Crippen LogP contribution is 2.23. The van der Waals surface area contributed by atoms with E-state index in [0.717, 1.165) is 16.9 Å². The van der Waals surface area contributed by atoms with Crippen molar-refractivity contribution in [1.29, 1.82) is 5.26 Å². The Labute approximate surface area is 133 Å². The number of rotatable bonds is 6. The molecule has 0 saturated carbocycles. The first-order valence-electron chi connectivity index (χ1n) is 7.79. The van der Waals surface area contributed by atoms with Gasteiger partial charge in [-0.15, -0.1) is 0 Å². The normalized spacial score (nSPS) is 12.0. The number of hydrogen-bond donors (Lipinski definition) is 0. The highest BCUT2D eigenvalue weighted by molar-refractivity contribution is 5.32. The van der Waals surface area contributed by atoms with Crippen LogP contribution in [-0.2, 0) is 0 Å². The van der Waals surface area contributed by atoms with Gasteiger partial charge in [0, 0.05) is 6.42 Å². The number of nitrogens with zero attached hydrogens (tertiary/aromatic N) is 1. The van der Waals surface area contributed by atoms with E-state index in [1.54, 1.807) is 0 Å². The van der Waals surface area contributed by atoms with Crippen LogP contribution < -0.4 is 4.74 Å². The van der Waals surface area contributed by atoms with Crippen LogP contribution in [0.2, 0.25) is 0 Å². The van der Waals surface area contributed by atoms with E-state index in [1.807, 2.05) is 31.2 Å². The molecular weight excluding hydrogens is 270 g/mol. The van der Waals surface area contributed by atoms with Gasteiger partial charge in [-0.2, -0.15) is 5.26 Å². The summed E-state index contributed by atoms with van der Waals surface area (Å²) >= 11 is 0. The molecule has 114 valence electrons. The summed E-state index contributed by atoms with van der Waals surface area (Å²) in [5, 5.41) is 9.40. The molecule has 0 N–H and O–H groups in total. The van der Waals surface area contributed by atoms with Gasteiger partial charge in [-0.05, 0) is 35.6 Å². The molecule has 1 unspecified atom stereocenters. The van der Waals surface area contributed by atoms with E-state index in [1.165, 1.54) is 5.56 Å². The molecule has 0 aliphatic carbocycles. The molecule has 0 aliphatic rings. The summed E-state index contributed by atoms with van der Waals surface area (Å²) in [7, 11) is 0. The van der Waals surface area contributed by atoms with E-state index >= 15 is 0 Å². The van der Waals surface area contributed by atoms with Crippen LogP contribution in [0.15, 0.2) is 48.5 Å². The van der Waals surface area contributed by atoms with Crippen molar-refractivity contribution in [2.24, 2.45) is 0 Å². The summed E-state index contributed by atoms with van der Waals surface area (Å²) in [6.45, 7) is 6.93. The predicted octanol–water partition coefficient (Wildman–Crippen LogP) is 5.19. The molecular formula is C20H23NO. The van der Waals surface area contributed by atoms with Crippen LogP contribution in [0.25, 0.3) is 0 Å². The summed E-state index contributed by atoms with van der Waals surface area (Å²) in [4.78, 5) is 0. The summed E-state index contributed by atoms with van der Waals surface area (Å²) in [5.41, 5.74) is 3.49. The topological polar surface area (TPSA) is 33.0 Å². The lowest BCUT2D eigenvalue weighted by Crippen LogP contribution is -2.05. The number of nitriles is 1. The summed E-state index contributed by atoms with van der Waals surface area (Å²) in [6, 6.07) is 18.7. The number of hydrogen-bond acceptors (Lipinski definition) is 2. The summed E-state index contributed by atoms with van der Waals surface area (Å²) in [6.07, 6.45) is 0.700. The van der Waals surface area contributed by atoms with Crippen molar-refractivity contribution < 1.29 is 4.74 Å². The van der Waals surface area contributed by atoms with Crippen molar-refractivity contribution in [2.75, 3.05) is 6.61 Å². The SMILES string of the molecule is Cc1ccccc1OCCC(C#N)c1ccc(C(C)C)cc1. The third-order valence-corrected chi connectivity index (χ3v) is 3.92. The van der Waals surface area contributed by atoms with Crippen LogP contribution in [-0.4, -0.2) is 6.61 Å². The molecule has 0 fully saturated rings. The molecule has 0 amide bonds. The lowest BCUT2D eigenvalue weighted by Gasteiger charge is -2.13. The second-order valence-corrected chi connectivity index (χ2v) is 5.91. The Balaban J connectivity index is 1.95. The molecule has 2 rings (SSSR count). The lowest BCUT2D eigenvalue weighted by atomic mass is 9.94. The minimum Gasteiger partial charge on any atom is -0.493 e. The van der Waals surface area contributed by atoms with E-state index in [0.29, 0.717) is 18.9 Å². The van der Waals surface area contributed by atoms with E-state index in [4.69, 9.17) is 4.74 Å². The zero-order chi connectivity index (χ0) is 15.9. The summed E-state index contributed by atoms with van der Waals surface area (Å²) < 4.78 is 5.80. The van der Waals surface area contributed by atoms with Gasteiger partial charge in [-0.3, -0.25) is 0 Å². The van der Waals surface area contributed by atoms with Crippen LogP contribution in [0.5, 0.6) is 5.75 Å². The van der Waals surface area contributed by atoms with Crippen molar-refractivity contribution in [3.05, 3.63) is 65.2 Å². The highest BCUT2D eigenvalue weighted by Gasteiger charge is 2.11. The molecule has 2 nitrogen and oxygen atoms in total. The molecule has 22 heavy (non-hydrogen) atoms. The molecule has 0 radical (unpaired) electrons. The maximum absolute atomic E-state index is 9.40. The molecule has 2 aromatic carbocycles. The molecule has 0 heterocycles. The third-order valence-electron chi connectivity index (χ3n) is 3.92. The largest absolute Gasteiger partial charge is 0.493 e. The van der Waals surface area contributed by atoms with Gasteiger partial charge in [-0.1, -0.05) is 56.3 Å². The zero-order valence-corrected chi connectivity index (χ0v) is 13.5. The average Bonchev–Trinajstić information content (AvgIpc) is 2.53. The van der Waals surface area contributed by atoms with Crippen LogP contribution in [0.3, 0.4) is 0 Å². The Morgan fingerprint density at radius 3 is 2.23 bits per heavy atom. The minimum atomic E-state index is -0.120. The maximum Gasteiger partial charge on any atom is 0.122 e. The first-order valence-corrected chi connectivity index (χ1v) is 7.79. The standard InChI is InChI=1S/C20H23NO/c1-15(2)17-8-10-18(11-9-17)19(14-21)12-13-22-20-7-5-4-6-16(20)3/h4-11,15,19H,12-13H2,1-3H3. The monoisotopic (exact) mass is 293 g/mol. The Morgan fingerprint density at radius 1 is 1.00 bits per heavy atom. The maximum atomic E-state index is 9.40. The zero-order valence-electron chi connectivity index (χ0n) is 13.5. The molecule has 1 atom stereocenters. The summed E-state index contributed by atoms with van der Waals surface area (Å²) in [5.74, 6) is 1.29. The fourth-order valence-electron chi connectivity index (χ4n) is 2.42. The van der Waals surface area contributed by atoms with Crippen LogP contribution in [0.1, 0.15) is 48.8 Å². The number of para-hydroxylation sites is 1. The Kier molecular flexibility index (Phi) is 5.61. The molecule has 2 heteroatoms. The first kappa shape index (κ1) is 16.1. The average molecular weight is 293 g/mol. The van der Waals surface area contributed by atoms with Gasteiger partial charge in [-0.25, -0.2) is 0 Å². The Hall–Kier alpha value is -2.27. The Morgan fingerprint density at radius 2 is 1.64 bits per heavy atom. The fraction of sp³-hybridized carbons (Fsp3) is 0.350. The van der Waals surface area contributed by atoms with Crippen LogP contribution >= 0.6 is 0 Å². The van der Waals surface area contributed by atoms with Gasteiger partial charge < -0.3 is 4.74 Å². The molecule has 0 saturated heterocycles. The van der Waals surface area contributed by atoms with E-state index in [9.17, 15) is 5.26 Å². The number of benzene rings is 2. The molecule has 0 bridgehead atoms. The van der Waals surface area contributed by atoms with E-state index in [2.05, 4.69) is 44.2 Å². The first-order chi connectivity index (χ1) is 10.6. The van der Waals surface area contributed by atoms with Crippen molar-refractivity contribution in [3.8, 4) is 11.8 Å². The second kappa shape index (κ2) is 7.66. The van der Waals surface area contributed by atoms with Gasteiger partial charge >= 0.3 is 0 Å². The van der Waals surface area contributed by atoms with Crippen molar-refractivity contribution in [3.63, 3.8) is 0 Å².